The third-order valence-corrected chi connectivity index (χ3v) is 3.27. The molecule has 2 N–H and O–H groups in total. The monoisotopic (exact) mass is 256 g/mol. The minimum Gasteiger partial charge on any atom is -0.387 e. The highest BCUT2D eigenvalue weighted by Gasteiger charge is 2.22. The van der Waals surface area contributed by atoms with Gasteiger partial charge < -0.3 is 15.3 Å². The lowest BCUT2D eigenvalue weighted by atomic mass is 10.1. The summed E-state index contributed by atoms with van der Waals surface area (Å²) in [6, 6.07) is 2.29. The van der Waals surface area contributed by atoms with Crippen molar-refractivity contribution in [3.05, 3.63) is 29.3 Å². The van der Waals surface area contributed by atoms with Crippen molar-refractivity contribution in [1.82, 2.24) is 5.32 Å². The first-order chi connectivity index (χ1) is 8.63. The van der Waals surface area contributed by atoms with Gasteiger partial charge in [0, 0.05) is 37.0 Å². The molecular weight excluding hydrogens is 238 g/mol. The Kier molecular flexibility index (Phi) is 4.14. The Labute approximate surface area is 105 Å². The molecule has 100 valence electrons. The second-order valence-electron chi connectivity index (χ2n) is 4.59. The first-order valence-electron chi connectivity index (χ1n) is 6.20. The minimum atomic E-state index is -0.914. The Hall–Kier alpha value is -1.20. The fourth-order valence-electron chi connectivity index (χ4n) is 2.35. The maximum absolute atomic E-state index is 13.4. The van der Waals surface area contributed by atoms with Crippen molar-refractivity contribution in [2.75, 3.05) is 31.6 Å². The molecular formula is C13H18F2N2O. The predicted octanol–water partition coefficient (Wildman–Crippen LogP) is 1.82. The third kappa shape index (κ3) is 2.62. The van der Waals surface area contributed by atoms with Crippen LogP contribution in [-0.2, 0) is 0 Å². The van der Waals surface area contributed by atoms with Crippen LogP contribution in [0.3, 0.4) is 0 Å². The smallest absolute Gasteiger partial charge is 0.160 e. The third-order valence-electron chi connectivity index (χ3n) is 3.27. The van der Waals surface area contributed by atoms with Crippen LogP contribution >= 0.6 is 0 Å². The van der Waals surface area contributed by atoms with Gasteiger partial charge in [0.1, 0.15) is 0 Å². The number of aliphatic hydroxyl groups excluding tert-OH is 1. The molecule has 1 unspecified atom stereocenters. The van der Waals surface area contributed by atoms with Crippen LogP contribution in [0.25, 0.3) is 0 Å². The van der Waals surface area contributed by atoms with Gasteiger partial charge in [0.2, 0.25) is 0 Å². The van der Waals surface area contributed by atoms with Crippen LogP contribution in [0.1, 0.15) is 24.5 Å². The topological polar surface area (TPSA) is 35.5 Å². The number of anilines is 1. The molecule has 0 amide bonds. The van der Waals surface area contributed by atoms with Gasteiger partial charge in [-0.1, -0.05) is 0 Å². The number of halogens is 2. The maximum atomic E-state index is 13.4. The molecule has 0 aromatic heterocycles. The summed E-state index contributed by atoms with van der Waals surface area (Å²) in [7, 11) is 1.71. The summed E-state index contributed by atoms with van der Waals surface area (Å²) >= 11 is 0. The largest absolute Gasteiger partial charge is 0.387 e. The van der Waals surface area contributed by atoms with Crippen molar-refractivity contribution in [3.63, 3.8) is 0 Å². The molecule has 1 heterocycles. The number of benzene rings is 1. The van der Waals surface area contributed by atoms with Crippen LogP contribution in [0.4, 0.5) is 14.5 Å². The number of aliphatic hydroxyl groups is 1. The highest BCUT2D eigenvalue weighted by atomic mass is 19.2. The molecule has 0 bridgehead atoms. The van der Waals surface area contributed by atoms with Gasteiger partial charge in [0.25, 0.3) is 0 Å². The Morgan fingerprint density at radius 3 is 2.50 bits per heavy atom. The zero-order chi connectivity index (χ0) is 13.1. The van der Waals surface area contributed by atoms with Crippen molar-refractivity contribution in [1.29, 1.82) is 0 Å². The highest BCUT2D eigenvalue weighted by Crippen LogP contribution is 2.31. The van der Waals surface area contributed by atoms with E-state index in [0.717, 1.165) is 32.0 Å². The van der Waals surface area contributed by atoms with Crippen molar-refractivity contribution in [2.24, 2.45) is 0 Å². The van der Waals surface area contributed by atoms with E-state index in [0.29, 0.717) is 17.8 Å². The number of hydrogen-bond donors (Lipinski definition) is 2. The number of nitrogens with one attached hydrogen (secondary N) is 1. The SMILES string of the molecule is CNCC(O)c1cc(F)c(F)cc1N1CCCC1. The van der Waals surface area contributed by atoms with Crippen LogP contribution in [0.15, 0.2) is 12.1 Å². The first kappa shape index (κ1) is 13.2. The van der Waals surface area contributed by atoms with Crippen molar-refractivity contribution >= 4 is 5.69 Å². The molecule has 1 atom stereocenters. The van der Waals surface area contributed by atoms with Gasteiger partial charge in [0.05, 0.1) is 6.10 Å². The van der Waals surface area contributed by atoms with Gasteiger partial charge >= 0.3 is 0 Å². The molecule has 1 aliphatic heterocycles. The Balaban J connectivity index is 2.37. The average Bonchev–Trinajstić information content (AvgIpc) is 2.86. The molecule has 1 aromatic carbocycles. The summed E-state index contributed by atoms with van der Waals surface area (Å²) in [6.45, 7) is 1.96. The molecule has 0 saturated carbocycles. The molecule has 0 spiro atoms. The van der Waals surface area contributed by atoms with Crippen molar-refractivity contribution < 1.29 is 13.9 Å². The Bertz CT molecular complexity index is 420. The number of likely N-dealkylation sites (N-methyl/N-ethyl adjacent to an activating group) is 1. The molecule has 0 aliphatic carbocycles. The average molecular weight is 256 g/mol. The van der Waals surface area contributed by atoms with E-state index >= 15 is 0 Å². The lowest BCUT2D eigenvalue weighted by Crippen LogP contribution is -2.23. The van der Waals surface area contributed by atoms with Gasteiger partial charge in [0.15, 0.2) is 11.6 Å². The van der Waals surface area contributed by atoms with E-state index in [2.05, 4.69) is 5.32 Å². The molecule has 1 saturated heterocycles. The Morgan fingerprint density at radius 1 is 1.28 bits per heavy atom. The van der Waals surface area contributed by atoms with E-state index in [1.165, 1.54) is 6.07 Å². The molecule has 0 radical (unpaired) electrons. The zero-order valence-electron chi connectivity index (χ0n) is 10.4. The normalized spacial score (nSPS) is 17.2. The fourth-order valence-corrected chi connectivity index (χ4v) is 2.35. The van der Waals surface area contributed by atoms with Crippen LogP contribution in [0.5, 0.6) is 0 Å². The predicted molar refractivity (Wildman–Crippen MR) is 66.7 cm³/mol. The number of nitrogens with zero attached hydrogens (tertiary/aromatic N) is 1. The zero-order valence-corrected chi connectivity index (χ0v) is 10.4. The second-order valence-corrected chi connectivity index (χ2v) is 4.59. The molecule has 1 aliphatic rings. The molecule has 18 heavy (non-hydrogen) atoms. The van der Waals surface area contributed by atoms with E-state index in [9.17, 15) is 13.9 Å². The van der Waals surface area contributed by atoms with Gasteiger partial charge in [-0.25, -0.2) is 8.78 Å². The van der Waals surface area contributed by atoms with Gasteiger partial charge in [-0.2, -0.15) is 0 Å². The maximum Gasteiger partial charge on any atom is 0.160 e. The standard InChI is InChI=1S/C13H18F2N2O/c1-16-8-13(18)9-6-10(14)11(15)7-12(9)17-4-2-3-5-17/h6-7,13,16,18H,2-5,8H2,1H3. The summed E-state index contributed by atoms with van der Waals surface area (Å²) in [5, 5.41) is 12.8. The van der Waals surface area contributed by atoms with E-state index in [4.69, 9.17) is 0 Å². The van der Waals surface area contributed by atoms with Crippen LogP contribution in [0, 0.1) is 11.6 Å². The van der Waals surface area contributed by atoms with Gasteiger partial charge in [-0.15, -0.1) is 0 Å². The van der Waals surface area contributed by atoms with Crippen LogP contribution in [-0.4, -0.2) is 31.8 Å². The fraction of sp³-hybridized carbons (Fsp3) is 0.538. The molecule has 1 aromatic rings. The summed E-state index contributed by atoms with van der Waals surface area (Å²) in [6.07, 6.45) is 1.25. The van der Waals surface area contributed by atoms with Gasteiger partial charge in [-0.05, 0) is 26.0 Å². The summed E-state index contributed by atoms with van der Waals surface area (Å²) in [5.74, 6) is -1.78. The van der Waals surface area contributed by atoms with Crippen LogP contribution < -0.4 is 10.2 Å². The number of rotatable bonds is 4. The lowest BCUT2D eigenvalue weighted by Gasteiger charge is -2.24. The van der Waals surface area contributed by atoms with Crippen molar-refractivity contribution in [2.45, 2.75) is 18.9 Å². The van der Waals surface area contributed by atoms with Crippen LogP contribution in [0.2, 0.25) is 0 Å². The van der Waals surface area contributed by atoms with E-state index in [1.807, 2.05) is 4.90 Å². The summed E-state index contributed by atoms with van der Waals surface area (Å²) in [4.78, 5) is 2.00. The summed E-state index contributed by atoms with van der Waals surface area (Å²) in [5.41, 5.74) is 1.05. The van der Waals surface area contributed by atoms with Crippen molar-refractivity contribution in [3.8, 4) is 0 Å². The van der Waals surface area contributed by atoms with Gasteiger partial charge in [-0.3, -0.25) is 0 Å². The summed E-state index contributed by atoms with van der Waals surface area (Å²) < 4.78 is 26.7. The van der Waals surface area contributed by atoms with E-state index in [1.54, 1.807) is 7.05 Å². The molecule has 2 rings (SSSR count). The van der Waals surface area contributed by atoms with E-state index in [-0.39, 0.29) is 0 Å². The number of hydrogen-bond acceptors (Lipinski definition) is 3. The molecule has 5 heteroatoms. The highest BCUT2D eigenvalue weighted by molar-refractivity contribution is 5.56. The Morgan fingerprint density at radius 2 is 1.89 bits per heavy atom. The minimum absolute atomic E-state index is 0.311. The molecule has 1 fully saturated rings. The first-order valence-corrected chi connectivity index (χ1v) is 6.20. The molecule has 3 nitrogen and oxygen atoms in total. The lowest BCUT2D eigenvalue weighted by molar-refractivity contribution is 0.177. The van der Waals surface area contributed by atoms with E-state index < -0.39 is 17.7 Å². The second kappa shape index (κ2) is 5.63. The quantitative estimate of drug-likeness (QED) is 0.862.